The number of aliphatic carboxylic acids is 1. The summed E-state index contributed by atoms with van der Waals surface area (Å²) in [6.07, 6.45) is 3.47. The number of benzene rings is 1. The van der Waals surface area contributed by atoms with Gasteiger partial charge < -0.3 is 15.6 Å². The van der Waals surface area contributed by atoms with Crippen molar-refractivity contribution in [3.8, 4) is 0 Å². The van der Waals surface area contributed by atoms with E-state index in [1.165, 1.54) is 42.7 Å². The fourth-order valence-electron chi connectivity index (χ4n) is 4.53. The van der Waals surface area contributed by atoms with Gasteiger partial charge in [-0.25, -0.2) is 18.2 Å². The molecule has 1 aromatic carbocycles. The van der Waals surface area contributed by atoms with Crippen molar-refractivity contribution in [2.24, 2.45) is 5.73 Å². The van der Waals surface area contributed by atoms with Gasteiger partial charge in [-0.1, -0.05) is 51.1 Å². The van der Waals surface area contributed by atoms with E-state index < -0.39 is 38.9 Å². The predicted octanol–water partition coefficient (Wildman–Crippen LogP) is 5.21. The van der Waals surface area contributed by atoms with Gasteiger partial charge in [0.25, 0.3) is 0 Å². The van der Waals surface area contributed by atoms with E-state index in [2.05, 4.69) is 30.7 Å². The van der Waals surface area contributed by atoms with Gasteiger partial charge in [0.05, 0.1) is 10.6 Å². The molecule has 1 amide bonds. The highest BCUT2D eigenvalue weighted by molar-refractivity contribution is 7.92. The second-order valence-electron chi connectivity index (χ2n) is 11.6. The highest BCUT2D eigenvalue weighted by atomic mass is 32.2. The fraction of sp³-hybridized carbons (Fsp3) is 0.419. The molecule has 42 heavy (non-hydrogen) atoms. The van der Waals surface area contributed by atoms with Crippen LogP contribution < -0.4 is 10.6 Å². The lowest BCUT2D eigenvalue weighted by atomic mass is 9.77. The van der Waals surface area contributed by atoms with Gasteiger partial charge in [-0.3, -0.25) is 14.7 Å². The van der Waals surface area contributed by atoms with Crippen molar-refractivity contribution in [3.05, 3.63) is 83.8 Å². The van der Waals surface area contributed by atoms with E-state index in [1.54, 1.807) is 20.8 Å². The number of rotatable bonds is 11. The summed E-state index contributed by atoms with van der Waals surface area (Å²) < 4.78 is 33.7. The van der Waals surface area contributed by atoms with Crippen molar-refractivity contribution in [1.29, 1.82) is 0 Å². The summed E-state index contributed by atoms with van der Waals surface area (Å²) in [5.74, 6) is -1.42. The molecule has 0 aliphatic heterocycles. The Morgan fingerprint density at radius 1 is 0.976 bits per heavy atom. The Hall–Kier alpha value is -3.83. The first-order valence-corrected chi connectivity index (χ1v) is 15.3. The van der Waals surface area contributed by atoms with Crippen molar-refractivity contribution < 1.29 is 27.9 Å². The SMILES string of the molecule is CCC(C)(CC)c1ccc(CC(N)(c2cccc(N(CC(=O)O)C(=O)OC(C)(C)C)n2)S(=O)(=O)c2cccnc2)cc1. The first kappa shape index (κ1) is 32.7. The number of nitrogens with zero attached hydrogens (tertiary/aromatic N) is 3. The smallest absolute Gasteiger partial charge is 0.416 e. The maximum absolute atomic E-state index is 14.2. The normalized spacial score (nSPS) is 13.7. The van der Waals surface area contributed by atoms with E-state index in [0.29, 0.717) is 5.56 Å². The Labute approximate surface area is 247 Å². The summed E-state index contributed by atoms with van der Waals surface area (Å²) >= 11 is 0. The number of ether oxygens (including phenoxy) is 1. The molecule has 0 saturated heterocycles. The van der Waals surface area contributed by atoms with Crippen LogP contribution in [0.25, 0.3) is 0 Å². The average molecular weight is 597 g/mol. The van der Waals surface area contributed by atoms with Gasteiger partial charge in [-0.15, -0.1) is 0 Å². The van der Waals surface area contributed by atoms with Crippen LogP contribution in [-0.4, -0.2) is 47.7 Å². The molecule has 1 unspecified atom stereocenters. The van der Waals surface area contributed by atoms with E-state index >= 15 is 0 Å². The van der Waals surface area contributed by atoms with Crippen LogP contribution in [0.4, 0.5) is 10.6 Å². The summed E-state index contributed by atoms with van der Waals surface area (Å²) in [6, 6.07) is 14.9. The number of hydrogen-bond acceptors (Lipinski definition) is 8. The number of carbonyl (C=O) groups excluding carboxylic acids is 1. The molecule has 0 aliphatic rings. The van der Waals surface area contributed by atoms with Gasteiger partial charge in [0.15, 0.2) is 4.87 Å². The number of sulfone groups is 1. The van der Waals surface area contributed by atoms with Crippen LogP contribution in [0.5, 0.6) is 0 Å². The maximum atomic E-state index is 14.2. The number of carboxylic acid groups (broad SMARTS) is 1. The van der Waals surface area contributed by atoms with E-state index in [4.69, 9.17) is 10.5 Å². The van der Waals surface area contributed by atoms with Gasteiger partial charge in [-0.05, 0) is 74.4 Å². The molecule has 3 rings (SSSR count). The summed E-state index contributed by atoms with van der Waals surface area (Å²) in [6.45, 7) is 10.6. The number of aromatic nitrogens is 2. The van der Waals surface area contributed by atoms with E-state index in [9.17, 15) is 23.1 Å². The van der Waals surface area contributed by atoms with E-state index in [-0.39, 0.29) is 28.2 Å². The van der Waals surface area contributed by atoms with Gasteiger partial charge in [0.2, 0.25) is 9.84 Å². The van der Waals surface area contributed by atoms with Gasteiger partial charge in [0, 0.05) is 18.8 Å². The molecule has 2 heterocycles. The number of hydrogen-bond donors (Lipinski definition) is 2. The van der Waals surface area contributed by atoms with Crippen molar-refractivity contribution in [2.45, 2.75) is 81.6 Å². The second kappa shape index (κ2) is 12.6. The molecule has 3 aromatic rings. The fourth-order valence-corrected chi connectivity index (χ4v) is 6.15. The first-order valence-electron chi connectivity index (χ1n) is 13.8. The molecule has 2 aromatic heterocycles. The van der Waals surface area contributed by atoms with Crippen molar-refractivity contribution in [2.75, 3.05) is 11.4 Å². The molecule has 10 nitrogen and oxygen atoms in total. The van der Waals surface area contributed by atoms with Gasteiger partial charge in [0.1, 0.15) is 18.0 Å². The largest absolute Gasteiger partial charge is 0.480 e. The molecule has 0 bridgehead atoms. The lowest BCUT2D eigenvalue weighted by molar-refractivity contribution is -0.135. The highest BCUT2D eigenvalue weighted by Gasteiger charge is 2.45. The number of pyridine rings is 2. The van der Waals surface area contributed by atoms with Crippen LogP contribution in [0.3, 0.4) is 0 Å². The van der Waals surface area contributed by atoms with Crippen LogP contribution in [0.2, 0.25) is 0 Å². The quantitative estimate of drug-likeness (QED) is 0.304. The predicted molar refractivity (Wildman–Crippen MR) is 161 cm³/mol. The van der Waals surface area contributed by atoms with Crippen molar-refractivity contribution >= 4 is 27.7 Å². The Morgan fingerprint density at radius 2 is 1.62 bits per heavy atom. The minimum absolute atomic E-state index is 0.0226. The number of carboxylic acids is 1. The standard InChI is InChI=1S/C31H40N4O6S/c1-7-30(6,8-2)23-16-14-22(15-17-23)19-31(32,42(39,40)24-11-10-18-33-20-24)25-12-9-13-26(34-25)35(21-27(36)37)28(38)41-29(3,4)5/h9-18,20H,7-8,19,21,32H2,1-6H3,(H,36,37). The van der Waals surface area contributed by atoms with Crippen LogP contribution in [0.15, 0.2) is 71.9 Å². The number of carbonyl (C=O) groups is 2. The third-order valence-electron chi connectivity index (χ3n) is 7.45. The van der Waals surface area contributed by atoms with Crippen LogP contribution in [0.1, 0.15) is 71.2 Å². The third-order valence-corrected chi connectivity index (χ3v) is 9.63. The molecule has 0 fully saturated rings. The Morgan fingerprint density at radius 3 is 2.14 bits per heavy atom. The summed E-state index contributed by atoms with van der Waals surface area (Å²) in [7, 11) is -4.31. The zero-order valence-corrected chi connectivity index (χ0v) is 25.8. The van der Waals surface area contributed by atoms with Crippen LogP contribution in [0, 0.1) is 0 Å². The topological polar surface area (TPSA) is 153 Å². The Balaban J connectivity index is 2.16. The minimum atomic E-state index is -4.31. The number of nitrogens with two attached hydrogens (primary N) is 1. The minimum Gasteiger partial charge on any atom is -0.480 e. The molecule has 0 saturated carbocycles. The summed E-state index contributed by atoms with van der Waals surface area (Å²) in [4.78, 5) is 31.7. The zero-order chi connectivity index (χ0) is 31.3. The maximum Gasteiger partial charge on any atom is 0.416 e. The van der Waals surface area contributed by atoms with Gasteiger partial charge in [-0.2, -0.15) is 0 Å². The molecule has 226 valence electrons. The van der Waals surface area contributed by atoms with E-state index in [1.807, 2.05) is 24.3 Å². The van der Waals surface area contributed by atoms with Crippen molar-refractivity contribution in [1.82, 2.24) is 9.97 Å². The molecule has 0 radical (unpaired) electrons. The zero-order valence-electron chi connectivity index (χ0n) is 25.0. The lowest BCUT2D eigenvalue weighted by Gasteiger charge is -2.31. The molecule has 0 aliphatic carbocycles. The molecule has 11 heteroatoms. The molecular formula is C31H40N4O6S. The monoisotopic (exact) mass is 596 g/mol. The molecule has 3 N–H and O–H groups in total. The second-order valence-corrected chi connectivity index (χ2v) is 13.8. The molecule has 1 atom stereocenters. The van der Waals surface area contributed by atoms with Crippen molar-refractivity contribution in [3.63, 3.8) is 0 Å². The Bertz CT molecular complexity index is 1500. The summed E-state index contributed by atoms with van der Waals surface area (Å²) in [5.41, 5.74) is 7.64. The van der Waals surface area contributed by atoms with E-state index in [0.717, 1.165) is 23.3 Å². The lowest BCUT2D eigenvalue weighted by Crippen LogP contribution is -2.48. The van der Waals surface area contributed by atoms with Gasteiger partial charge >= 0.3 is 12.1 Å². The number of amides is 1. The summed E-state index contributed by atoms with van der Waals surface area (Å²) in [5, 5.41) is 9.50. The number of anilines is 1. The average Bonchev–Trinajstić information content (AvgIpc) is 2.95. The first-order chi connectivity index (χ1) is 19.6. The van der Waals surface area contributed by atoms with Crippen LogP contribution >= 0.6 is 0 Å². The molecule has 0 spiro atoms. The molecular weight excluding hydrogens is 556 g/mol. The Kier molecular flexibility index (Phi) is 9.79. The third kappa shape index (κ3) is 7.14. The van der Waals surface area contributed by atoms with Crippen LogP contribution in [-0.2, 0) is 36.1 Å². The highest BCUT2D eigenvalue weighted by Crippen LogP contribution is 2.36.